The molecule has 8 heteroatoms. The fourth-order valence-electron chi connectivity index (χ4n) is 3.04. The summed E-state index contributed by atoms with van der Waals surface area (Å²) in [6.45, 7) is 4.43. The van der Waals surface area contributed by atoms with Crippen LogP contribution in [0.15, 0.2) is 40.6 Å². The van der Waals surface area contributed by atoms with Crippen LogP contribution in [0, 0.1) is 0 Å². The number of fused-ring (bicyclic) bond motifs is 1. The fraction of sp³-hybridized carbons (Fsp3) is 0.368. The van der Waals surface area contributed by atoms with Crippen LogP contribution in [-0.2, 0) is 9.53 Å². The number of ether oxygens (including phenoxy) is 1. The molecular formula is C19H24N6O2. The van der Waals surface area contributed by atoms with Gasteiger partial charge in [0.25, 0.3) is 0 Å². The number of aromatic nitrogens is 1. The monoisotopic (exact) mass is 368 g/mol. The van der Waals surface area contributed by atoms with Crippen LogP contribution in [0.1, 0.15) is 12.5 Å². The lowest BCUT2D eigenvalue weighted by Gasteiger charge is -2.32. The number of nitrogens with zero attached hydrogens (tertiary/aromatic N) is 4. The molecule has 1 aromatic carbocycles. The maximum absolute atomic E-state index is 12.4. The maximum atomic E-state index is 12.4. The molecular weight excluding hydrogens is 344 g/mol. The number of nitrogens with one attached hydrogen (secondary N) is 1. The Morgan fingerprint density at radius 1 is 1.44 bits per heavy atom. The average molecular weight is 368 g/mol. The van der Waals surface area contributed by atoms with E-state index in [9.17, 15) is 4.79 Å². The van der Waals surface area contributed by atoms with Crippen LogP contribution < -0.4 is 11.2 Å². The minimum Gasteiger partial charge on any atom is -0.379 e. The molecule has 0 radical (unpaired) electrons. The first-order valence-electron chi connectivity index (χ1n) is 8.82. The van der Waals surface area contributed by atoms with Gasteiger partial charge >= 0.3 is 0 Å². The lowest BCUT2D eigenvalue weighted by molar-refractivity contribution is -0.119. The minimum atomic E-state index is -0.0888. The number of amides is 1. The highest BCUT2D eigenvalue weighted by molar-refractivity contribution is 6.38. The van der Waals surface area contributed by atoms with E-state index in [0.717, 1.165) is 22.9 Å². The van der Waals surface area contributed by atoms with Gasteiger partial charge in [0.05, 0.1) is 19.8 Å². The van der Waals surface area contributed by atoms with E-state index in [4.69, 9.17) is 10.6 Å². The normalized spacial score (nSPS) is 18.9. The van der Waals surface area contributed by atoms with Crippen molar-refractivity contribution in [3.05, 3.63) is 36.0 Å². The number of anilines is 1. The van der Waals surface area contributed by atoms with Gasteiger partial charge in [-0.05, 0) is 24.4 Å². The number of benzene rings is 1. The molecule has 27 heavy (non-hydrogen) atoms. The molecule has 0 spiro atoms. The smallest absolute Gasteiger partial charge is 0.239 e. The number of morpholine rings is 1. The van der Waals surface area contributed by atoms with Crippen molar-refractivity contribution in [3.8, 4) is 0 Å². The Morgan fingerprint density at radius 3 is 3.04 bits per heavy atom. The van der Waals surface area contributed by atoms with Crippen molar-refractivity contribution in [2.75, 3.05) is 38.7 Å². The predicted octanol–water partition coefficient (Wildman–Crippen LogP) is 1.26. The van der Waals surface area contributed by atoms with Crippen LogP contribution in [0.2, 0.25) is 0 Å². The van der Waals surface area contributed by atoms with E-state index in [1.807, 2.05) is 24.3 Å². The Morgan fingerprint density at radius 2 is 2.30 bits per heavy atom. The summed E-state index contributed by atoms with van der Waals surface area (Å²) in [5.41, 5.74) is 1.43. The number of aliphatic imine (C=N–C) groups is 1. The first-order chi connectivity index (χ1) is 13.1. The second kappa shape index (κ2) is 8.70. The van der Waals surface area contributed by atoms with E-state index in [1.165, 1.54) is 0 Å². The topological polar surface area (TPSA) is 105 Å². The Labute approximate surface area is 158 Å². The maximum Gasteiger partial charge on any atom is 0.239 e. The molecule has 1 atom stereocenters. The molecule has 8 nitrogen and oxygen atoms in total. The second-order valence-electron chi connectivity index (χ2n) is 6.48. The van der Waals surface area contributed by atoms with Crippen molar-refractivity contribution in [1.82, 2.24) is 9.88 Å². The zero-order valence-electron chi connectivity index (χ0n) is 15.6. The molecule has 0 bridgehead atoms. The lowest BCUT2D eigenvalue weighted by Crippen LogP contribution is -2.47. The fourth-order valence-corrected chi connectivity index (χ4v) is 3.04. The molecule has 2 aromatic rings. The third-order valence-electron chi connectivity index (χ3n) is 4.53. The Bertz CT molecular complexity index is 880. The summed E-state index contributed by atoms with van der Waals surface area (Å²) in [6, 6.07) is 7.87. The van der Waals surface area contributed by atoms with Gasteiger partial charge < -0.3 is 15.9 Å². The lowest BCUT2D eigenvalue weighted by atomic mass is 10.1. The summed E-state index contributed by atoms with van der Waals surface area (Å²) < 4.78 is 5.40. The van der Waals surface area contributed by atoms with Crippen molar-refractivity contribution in [2.45, 2.75) is 13.0 Å². The van der Waals surface area contributed by atoms with Crippen LogP contribution in [0.25, 0.3) is 10.8 Å². The third-order valence-corrected chi connectivity index (χ3v) is 4.53. The molecule has 142 valence electrons. The SMILES string of the molecule is CN=CC(=NN)c1ccc2cnc(NC(=O)CN3CCOC[C@@H]3C)cc2c1. The van der Waals surface area contributed by atoms with Gasteiger partial charge in [-0.1, -0.05) is 12.1 Å². The van der Waals surface area contributed by atoms with Gasteiger partial charge in [-0.3, -0.25) is 14.7 Å². The molecule has 1 aromatic heterocycles. The van der Waals surface area contributed by atoms with Crippen LogP contribution in [0.5, 0.6) is 0 Å². The summed E-state index contributed by atoms with van der Waals surface area (Å²) >= 11 is 0. The highest BCUT2D eigenvalue weighted by atomic mass is 16.5. The minimum absolute atomic E-state index is 0.0888. The number of carbonyl (C=O) groups is 1. The van der Waals surface area contributed by atoms with Gasteiger partial charge in [0.15, 0.2) is 0 Å². The quantitative estimate of drug-likeness (QED) is 0.470. The second-order valence-corrected chi connectivity index (χ2v) is 6.48. The van der Waals surface area contributed by atoms with Crippen molar-refractivity contribution in [2.24, 2.45) is 15.9 Å². The molecule has 1 fully saturated rings. The van der Waals surface area contributed by atoms with Crippen LogP contribution in [-0.4, -0.2) is 67.1 Å². The first kappa shape index (κ1) is 18.9. The molecule has 1 aliphatic rings. The predicted molar refractivity (Wildman–Crippen MR) is 107 cm³/mol. The number of hydrogen-bond donors (Lipinski definition) is 2. The van der Waals surface area contributed by atoms with Crippen molar-refractivity contribution >= 4 is 34.4 Å². The van der Waals surface area contributed by atoms with E-state index in [-0.39, 0.29) is 11.9 Å². The molecule has 0 aliphatic carbocycles. The number of rotatable bonds is 5. The summed E-state index contributed by atoms with van der Waals surface area (Å²) in [5.74, 6) is 5.87. The van der Waals surface area contributed by atoms with Gasteiger partial charge in [-0.2, -0.15) is 5.10 Å². The van der Waals surface area contributed by atoms with Crippen LogP contribution >= 0.6 is 0 Å². The molecule has 1 saturated heterocycles. The molecule has 1 amide bonds. The highest BCUT2D eigenvalue weighted by Crippen LogP contribution is 2.19. The Kier molecular flexibility index (Phi) is 6.10. The van der Waals surface area contributed by atoms with Crippen molar-refractivity contribution in [3.63, 3.8) is 0 Å². The van der Waals surface area contributed by atoms with E-state index in [1.54, 1.807) is 19.5 Å². The number of carbonyl (C=O) groups excluding carboxylic acids is 1. The van der Waals surface area contributed by atoms with Gasteiger partial charge in [0, 0.05) is 43.0 Å². The van der Waals surface area contributed by atoms with Gasteiger partial charge in [0.1, 0.15) is 11.5 Å². The van der Waals surface area contributed by atoms with Gasteiger partial charge in [-0.25, -0.2) is 4.98 Å². The van der Waals surface area contributed by atoms with Crippen LogP contribution in [0.3, 0.4) is 0 Å². The molecule has 3 rings (SSSR count). The third kappa shape index (κ3) is 4.66. The molecule has 3 N–H and O–H groups in total. The first-order valence-corrected chi connectivity index (χ1v) is 8.82. The number of nitrogens with two attached hydrogens (primary N) is 1. The van der Waals surface area contributed by atoms with E-state index >= 15 is 0 Å². The summed E-state index contributed by atoms with van der Waals surface area (Å²) in [5, 5.41) is 8.53. The number of pyridine rings is 1. The molecule has 1 aliphatic heterocycles. The van der Waals surface area contributed by atoms with Crippen molar-refractivity contribution < 1.29 is 9.53 Å². The summed E-state index contributed by atoms with van der Waals surface area (Å²) in [4.78, 5) is 22.8. The summed E-state index contributed by atoms with van der Waals surface area (Å²) in [6.07, 6.45) is 3.34. The van der Waals surface area contributed by atoms with E-state index in [0.29, 0.717) is 31.3 Å². The Balaban J connectivity index is 1.75. The molecule has 0 unspecified atom stereocenters. The molecule has 0 saturated carbocycles. The molecule has 2 heterocycles. The zero-order chi connectivity index (χ0) is 19.2. The number of hydrogen-bond acceptors (Lipinski definition) is 7. The average Bonchev–Trinajstić information content (AvgIpc) is 2.67. The Hall–Kier alpha value is -2.84. The standard InChI is InChI=1S/C19H24N6O2/c1-13-12-27-6-5-25(13)11-19(26)23-18-8-16-7-14(17(24-20)10-21-2)3-4-15(16)9-22-18/h3-4,7-10,13H,5-6,11-12,20H2,1-2H3,(H,22,23,26)/t13-/m0/s1. The van der Waals surface area contributed by atoms with Crippen molar-refractivity contribution in [1.29, 1.82) is 0 Å². The van der Waals surface area contributed by atoms with E-state index < -0.39 is 0 Å². The summed E-state index contributed by atoms with van der Waals surface area (Å²) in [7, 11) is 1.67. The van der Waals surface area contributed by atoms with Gasteiger partial charge in [-0.15, -0.1) is 0 Å². The highest BCUT2D eigenvalue weighted by Gasteiger charge is 2.21. The van der Waals surface area contributed by atoms with Gasteiger partial charge in [0.2, 0.25) is 5.91 Å². The van der Waals surface area contributed by atoms with E-state index in [2.05, 4.69) is 32.2 Å². The number of hydrazone groups is 1. The largest absolute Gasteiger partial charge is 0.379 e. The zero-order valence-corrected chi connectivity index (χ0v) is 15.6. The van der Waals surface area contributed by atoms with Crippen LogP contribution in [0.4, 0.5) is 5.82 Å².